The maximum absolute atomic E-state index is 11.6. The van der Waals surface area contributed by atoms with Crippen LogP contribution in [0.1, 0.15) is 39.0 Å². The molecule has 0 aliphatic heterocycles. The highest BCUT2D eigenvalue weighted by atomic mass is 35.5. The zero-order valence-corrected chi connectivity index (χ0v) is 12.1. The Bertz CT molecular complexity index is 180. The third kappa shape index (κ3) is 11.9. The summed E-state index contributed by atoms with van der Waals surface area (Å²) < 4.78 is 5.10. The number of hydrogen-bond acceptors (Lipinski definition) is 3. The molecule has 0 bridgehead atoms. The number of ether oxygens (including phenoxy) is 1. The average molecular weight is 267 g/mol. The van der Waals surface area contributed by atoms with Gasteiger partial charge in [0.1, 0.15) is 0 Å². The first-order chi connectivity index (χ1) is 7.74. The molecule has 5 heteroatoms. The van der Waals surface area contributed by atoms with Gasteiger partial charge < -0.3 is 15.4 Å². The molecule has 0 aliphatic carbocycles. The second-order valence-electron chi connectivity index (χ2n) is 4.07. The van der Waals surface area contributed by atoms with Crippen molar-refractivity contribution in [2.45, 2.75) is 45.1 Å². The molecule has 1 unspecified atom stereocenters. The molecule has 0 spiro atoms. The summed E-state index contributed by atoms with van der Waals surface area (Å²) in [5.41, 5.74) is 0. The summed E-state index contributed by atoms with van der Waals surface area (Å²) in [6.07, 6.45) is 4.76. The number of rotatable bonds is 10. The first-order valence-corrected chi connectivity index (χ1v) is 6.17. The fraction of sp³-hybridized carbons (Fsp3) is 0.917. The van der Waals surface area contributed by atoms with E-state index in [9.17, 15) is 4.79 Å². The quantitative estimate of drug-likeness (QED) is 0.592. The molecule has 0 fully saturated rings. The number of nitrogens with one attached hydrogen (secondary N) is 2. The van der Waals surface area contributed by atoms with Gasteiger partial charge in [-0.3, -0.25) is 4.79 Å². The van der Waals surface area contributed by atoms with Gasteiger partial charge in [-0.2, -0.15) is 0 Å². The van der Waals surface area contributed by atoms with Crippen LogP contribution in [-0.4, -0.2) is 39.3 Å². The lowest BCUT2D eigenvalue weighted by molar-refractivity contribution is -0.122. The molecule has 0 rings (SSSR count). The lowest BCUT2D eigenvalue weighted by Crippen LogP contribution is -2.38. The van der Waals surface area contributed by atoms with E-state index in [1.54, 1.807) is 7.11 Å². The molecule has 104 valence electrons. The van der Waals surface area contributed by atoms with Crippen molar-refractivity contribution in [1.29, 1.82) is 0 Å². The smallest absolute Gasteiger partial charge is 0.220 e. The molecule has 0 radical (unpaired) electrons. The van der Waals surface area contributed by atoms with Gasteiger partial charge in [-0.15, -0.1) is 12.4 Å². The highest BCUT2D eigenvalue weighted by Gasteiger charge is 2.10. The highest BCUT2D eigenvalue weighted by Crippen LogP contribution is 2.02. The number of methoxy groups -OCH3 is 1. The topological polar surface area (TPSA) is 50.4 Å². The van der Waals surface area contributed by atoms with Gasteiger partial charge in [0, 0.05) is 13.5 Å². The fourth-order valence-electron chi connectivity index (χ4n) is 1.57. The normalized spacial score (nSPS) is 11.7. The molecule has 0 aromatic heterocycles. The van der Waals surface area contributed by atoms with Crippen LogP contribution in [-0.2, 0) is 9.53 Å². The molecule has 0 aromatic rings. The van der Waals surface area contributed by atoms with E-state index in [1.165, 1.54) is 0 Å². The molecular weight excluding hydrogens is 240 g/mol. The minimum absolute atomic E-state index is 0. The second kappa shape index (κ2) is 13.7. The van der Waals surface area contributed by atoms with Gasteiger partial charge in [0.15, 0.2) is 0 Å². The van der Waals surface area contributed by atoms with Crippen LogP contribution in [0.3, 0.4) is 0 Å². The van der Waals surface area contributed by atoms with Crippen LogP contribution in [0.25, 0.3) is 0 Å². The van der Waals surface area contributed by atoms with E-state index in [2.05, 4.69) is 17.6 Å². The van der Waals surface area contributed by atoms with E-state index in [4.69, 9.17) is 4.74 Å². The van der Waals surface area contributed by atoms with Crippen molar-refractivity contribution in [2.75, 3.05) is 27.3 Å². The Kier molecular flexibility index (Phi) is 15.4. The zero-order valence-electron chi connectivity index (χ0n) is 11.3. The summed E-state index contributed by atoms with van der Waals surface area (Å²) in [4.78, 5) is 11.6. The van der Waals surface area contributed by atoms with Crippen molar-refractivity contribution in [1.82, 2.24) is 10.6 Å². The summed E-state index contributed by atoms with van der Waals surface area (Å²) in [6.45, 7) is 3.65. The van der Waals surface area contributed by atoms with Crippen molar-refractivity contribution >= 4 is 18.3 Å². The Morgan fingerprint density at radius 1 is 1.35 bits per heavy atom. The molecule has 0 saturated carbocycles. The van der Waals surface area contributed by atoms with Crippen molar-refractivity contribution in [2.24, 2.45) is 0 Å². The van der Waals surface area contributed by atoms with E-state index in [-0.39, 0.29) is 24.4 Å². The second-order valence-corrected chi connectivity index (χ2v) is 4.07. The average Bonchev–Trinajstić information content (AvgIpc) is 2.26. The number of halogens is 1. The summed E-state index contributed by atoms with van der Waals surface area (Å²) in [5.74, 6) is 0.133. The molecule has 0 aromatic carbocycles. The van der Waals surface area contributed by atoms with Crippen LogP contribution in [0.4, 0.5) is 0 Å². The Hall–Kier alpha value is -0.320. The van der Waals surface area contributed by atoms with Crippen LogP contribution >= 0.6 is 12.4 Å². The van der Waals surface area contributed by atoms with Gasteiger partial charge in [-0.25, -0.2) is 0 Å². The van der Waals surface area contributed by atoms with Gasteiger partial charge in [0.25, 0.3) is 0 Å². The zero-order chi connectivity index (χ0) is 12.2. The predicted octanol–water partition coefficient (Wildman–Crippen LogP) is 1.73. The van der Waals surface area contributed by atoms with Gasteiger partial charge in [-0.05, 0) is 26.4 Å². The van der Waals surface area contributed by atoms with E-state index >= 15 is 0 Å². The lowest BCUT2D eigenvalue weighted by atomic mass is 10.1. The van der Waals surface area contributed by atoms with Gasteiger partial charge in [-0.1, -0.05) is 19.8 Å². The molecule has 0 aliphatic rings. The number of amides is 1. The van der Waals surface area contributed by atoms with E-state index < -0.39 is 0 Å². The molecule has 0 saturated heterocycles. The summed E-state index contributed by atoms with van der Waals surface area (Å²) in [7, 11) is 3.57. The number of unbranched alkanes of at least 4 members (excludes halogenated alkanes) is 1. The molecule has 0 heterocycles. The Balaban J connectivity index is 0. The number of carbonyl (C=O) groups is 1. The van der Waals surface area contributed by atoms with Gasteiger partial charge >= 0.3 is 0 Å². The molecule has 1 atom stereocenters. The molecule has 4 nitrogen and oxygen atoms in total. The standard InChI is InChI=1S/C12H26N2O2.ClH/c1-4-5-7-11(10-16-3)14-12(15)8-6-9-13-2;/h11,13H,4-10H2,1-3H3,(H,14,15);1H. The molecular formula is C12H27ClN2O2. The van der Waals surface area contributed by atoms with E-state index in [0.29, 0.717) is 13.0 Å². The van der Waals surface area contributed by atoms with Crippen LogP contribution in [0.5, 0.6) is 0 Å². The van der Waals surface area contributed by atoms with Crippen molar-refractivity contribution in [3.05, 3.63) is 0 Å². The van der Waals surface area contributed by atoms with Crippen LogP contribution in [0.2, 0.25) is 0 Å². The van der Waals surface area contributed by atoms with Crippen LogP contribution in [0, 0.1) is 0 Å². The monoisotopic (exact) mass is 266 g/mol. The highest BCUT2D eigenvalue weighted by molar-refractivity contribution is 5.85. The van der Waals surface area contributed by atoms with Crippen molar-refractivity contribution < 1.29 is 9.53 Å². The minimum atomic E-state index is 0. The van der Waals surface area contributed by atoms with Gasteiger partial charge in [0.05, 0.1) is 12.6 Å². The largest absolute Gasteiger partial charge is 0.383 e. The summed E-state index contributed by atoms with van der Waals surface area (Å²) in [6, 6.07) is 0.173. The fourth-order valence-corrected chi connectivity index (χ4v) is 1.57. The lowest BCUT2D eigenvalue weighted by Gasteiger charge is -2.17. The van der Waals surface area contributed by atoms with Crippen LogP contribution < -0.4 is 10.6 Å². The predicted molar refractivity (Wildman–Crippen MR) is 73.7 cm³/mol. The maximum atomic E-state index is 11.6. The first kappa shape index (κ1) is 19.0. The number of hydrogen-bond donors (Lipinski definition) is 2. The van der Waals surface area contributed by atoms with Gasteiger partial charge in [0.2, 0.25) is 5.91 Å². The first-order valence-electron chi connectivity index (χ1n) is 6.17. The molecule has 17 heavy (non-hydrogen) atoms. The molecule has 1 amide bonds. The summed E-state index contributed by atoms with van der Waals surface area (Å²) >= 11 is 0. The van der Waals surface area contributed by atoms with E-state index in [0.717, 1.165) is 32.2 Å². The Morgan fingerprint density at radius 2 is 2.06 bits per heavy atom. The SMILES string of the molecule is CCCCC(COC)NC(=O)CCCNC.Cl. The maximum Gasteiger partial charge on any atom is 0.220 e. The van der Waals surface area contributed by atoms with Crippen molar-refractivity contribution in [3.63, 3.8) is 0 Å². The Labute approximate surface area is 111 Å². The van der Waals surface area contributed by atoms with E-state index in [1.807, 2.05) is 7.05 Å². The minimum Gasteiger partial charge on any atom is -0.383 e. The Morgan fingerprint density at radius 3 is 2.59 bits per heavy atom. The van der Waals surface area contributed by atoms with Crippen molar-refractivity contribution in [3.8, 4) is 0 Å². The van der Waals surface area contributed by atoms with Crippen LogP contribution in [0.15, 0.2) is 0 Å². The summed E-state index contributed by atoms with van der Waals surface area (Å²) in [5, 5.41) is 6.05. The number of carbonyl (C=O) groups excluding carboxylic acids is 1. The third-order valence-corrected chi connectivity index (χ3v) is 2.47. The molecule has 2 N–H and O–H groups in total. The third-order valence-electron chi connectivity index (χ3n) is 2.47.